The average molecular weight is 415 g/mol. The number of fused-ring (bicyclic) bond motifs is 1. The number of aliphatic hydroxyl groups is 1. The van der Waals surface area contributed by atoms with Crippen LogP contribution in [0.25, 0.3) is 0 Å². The molecule has 1 atom stereocenters. The Kier molecular flexibility index (Phi) is 5.73. The third-order valence-electron chi connectivity index (χ3n) is 4.97. The molecule has 0 aliphatic carbocycles. The van der Waals surface area contributed by atoms with Crippen molar-refractivity contribution in [3.05, 3.63) is 77.0 Å². The zero-order valence-electron chi connectivity index (χ0n) is 16.9. The summed E-state index contributed by atoms with van der Waals surface area (Å²) in [7, 11) is 0. The number of carbonyl (C=O) groups is 1. The first-order valence-electron chi connectivity index (χ1n) is 9.86. The Balaban J connectivity index is 1.76. The first kappa shape index (κ1) is 20.3. The van der Waals surface area contributed by atoms with Crippen LogP contribution in [0.2, 0.25) is 0 Å². The van der Waals surface area contributed by atoms with Crippen molar-refractivity contribution in [2.75, 3.05) is 17.2 Å². The molecule has 9 heteroatoms. The van der Waals surface area contributed by atoms with Gasteiger partial charge in [-0.25, -0.2) is 4.68 Å². The van der Waals surface area contributed by atoms with Crippen molar-refractivity contribution >= 4 is 17.5 Å². The second-order valence-corrected chi connectivity index (χ2v) is 7.12. The number of allylic oxidation sites excluding steroid dienone is 1. The molecule has 1 unspecified atom stereocenters. The predicted octanol–water partition coefficient (Wildman–Crippen LogP) is 2.40. The number of aryl methyl sites for hydroxylation is 1. The van der Waals surface area contributed by atoms with E-state index in [1.165, 1.54) is 0 Å². The van der Waals surface area contributed by atoms with Crippen LogP contribution in [-0.4, -0.2) is 37.4 Å². The van der Waals surface area contributed by atoms with Crippen molar-refractivity contribution < 1.29 is 9.90 Å². The first-order valence-corrected chi connectivity index (χ1v) is 9.86. The average Bonchev–Trinajstić information content (AvgIpc) is 3.19. The van der Waals surface area contributed by atoms with Gasteiger partial charge in [0, 0.05) is 24.9 Å². The lowest BCUT2D eigenvalue weighted by Crippen LogP contribution is -2.31. The third kappa shape index (κ3) is 4.15. The van der Waals surface area contributed by atoms with E-state index in [2.05, 4.69) is 31.8 Å². The van der Waals surface area contributed by atoms with Crippen LogP contribution >= 0.6 is 0 Å². The van der Waals surface area contributed by atoms with E-state index in [4.69, 9.17) is 10.4 Å². The van der Waals surface area contributed by atoms with Crippen LogP contribution < -0.4 is 10.6 Å². The van der Waals surface area contributed by atoms with Gasteiger partial charge in [0.2, 0.25) is 5.95 Å². The van der Waals surface area contributed by atoms with E-state index in [0.29, 0.717) is 47.1 Å². The Morgan fingerprint density at radius 3 is 2.81 bits per heavy atom. The second-order valence-electron chi connectivity index (χ2n) is 7.12. The van der Waals surface area contributed by atoms with E-state index < -0.39 is 6.04 Å². The van der Waals surface area contributed by atoms with Crippen molar-refractivity contribution in [2.24, 2.45) is 0 Å². The summed E-state index contributed by atoms with van der Waals surface area (Å²) in [6.45, 7) is 1.87. The van der Waals surface area contributed by atoms with Gasteiger partial charge < -0.3 is 15.7 Å². The lowest BCUT2D eigenvalue weighted by Gasteiger charge is -2.28. The van der Waals surface area contributed by atoms with E-state index in [1.54, 1.807) is 41.3 Å². The Morgan fingerprint density at radius 2 is 2.13 bits per heavy atom. The van der Waals surface area contributed by atoms with Gasteiger partial charge in [0.05, 0.1) is 29.1 Å². The van der Waals surface area contributed by atoms with E-state index in [9.17, 15) is 4.79 Å². The molecule has 0 radical (unpaired) electrons. The molecule has 0 bridgehead atoms. The summed E-state index contributed by atoms with van der Waals surface area (Å²) >= 11 is 0. The van der Waals surface area contributed by atoms with Crippen LogP contribution in [0.5, 0.6) is 0 Å². The van der Waals surface area contributed by atoms with Gasteiger partial charge in [-0.3, -0.25) is 9.78 Å². The molecule has 156 valence electrons. The monoisotopic (exact) mass is 415 g/mol. The fourth-order valence-corrected chi connectivity index (χ4v) is 3.52. The van der Waals surface area contributed by atoms with E-state index in [1.807, 2.05) is 19.1 Å². The minimum atomic E-state index is -0.531. The number of aliphatic hydroxyl groups excluding tert-OH is 1. The van der Waals surface area contributed by atoms with Crippen molar-refractivity contribution in [3.8, 4) is 6.07 Å². The van der Waals surface area contributed by atoms with E-state index >= 15 is 0 Å². The number of hydrogen-bond acceptors (Lipinski definition) is 7. The molecule has 9 nitrogen and oxygen atoms in total. The maximum Gasteiger partial charge on any atom is 0.255 e. The molecule has 1 amide bonds. The van der Waals surface area contributed by atoms with E-state index in [-0.39, 0.29) is 12.5 Å². The molecule has 0 spiro atoms. The van der Waals surface area contributed by atoms with Gasteiger partial charge in [0.15, 0.2) is 5.82 Å². The summed E-state index contributed by atoms with van der Waals surface area (Å²) in [6.07, 6.45) is 4.28. The number of aromatic nitrogens is 4. The Labute approximate surface area is 179 Å². The van der Waals surface area contributed by atoms with Crippen molar-refractivity contribution in [1.82, 2.24) is 19.7 Å². The number of nitriles is 1. The SMILES string of the molecule is CC1=C(C(=O)Nc2cccnc2)C(c2ccc(C#N)cc2)n2nc(CCCO)nc2N1. The highest BCUT2D eigenvalue weighted by molar-refractivity contribution is 6.05. The molecular formula is C22H21N7O2. The molecule has 1 aliphatic rings. The van der Waals surface area contributed by atoms with Gasteiger partial charge in [-0.05, 0) is 43.2 Å². The highest BCUT2D eigenvalue weighted by atomic mass is 16.3. The van der Waals surface area contributed by atoms with Crippen LogP contribution in [-0.2, 0) is 11.2 Å². The molecule has 31 heavy (non-hydrogen) atoms. The molecule has 0 saturated heterocycles. The minimum Gasteiger partial charge on any atom is -0.396 e. The molecular weight excluding hydrogens is 394 g/mol. The molecule has 1 aromatic carbocycles. The number of benzene rings is 1. The van der Waals surface area contributed by atoms with Gasteiger partial charge >= 0.3 is 0 Å². The van der Waals surface area contributed by atoms with Crippen LogP contribution in [0.4, 0.5) is 11.6 Å². The van der Waals surface area contributed by atoms with Crippen molar-refractivity contribution in [1.29, 1.82) is 5.26 Å². The first-order chi connectivity index (χ1) is 15.1. The van der Waals surface area contributed by atoms with Crippen LogP contribution in [0.1, 0.15) is 36.3 Å². The molecule has 3 heterocycles. The number of nitrogens with one attached hydrogen (secondary N) is 2. The van der Waals surface area contributed by atoms with Gasteiger partial charge in [0.1, 0.15) is 6.04 Å². The largest absolute Gasteiger partial charge is 0.396 e. The lowest BCUT2D eigenvalue weighted by atomic mass is 9.94. The number of hydrogen-bond donors (Lipinski definition) is 3. The Bertz CT molecular complexity index is 1160. The number of carbonyl (C=O) groups excluding carboxylic acids is 1. The highest BCUT2D eigenvalue weighted by Crippen LogP contribution is 2.35. The van der Waals surface area contributed by atoms with Gasteiger partial charge in [-0.1, -0.05) is 12.1 Å². The van der Waals surface area contributed by atoms with Crippen LogP contribution in [0.15, 0.2) is 60.1 Å². The summed E-state index contributed by atoms with van der Waals surface area (Å²) in [6, 6.07) is 12.2. The molecule has 0 saturated carbocycles. The maximum absolute atomic E-state index is 13.3. The fraction of sp³-hybridized carbons (Fsp3) is 0.227. The number of amides is 1. The highest BCUT2D eigenvalue weighted by Gasteiger charge is 2.34. The van der Waals surface area contributed by atoms with E-state index in [0.717, 1.165) is 5.56 Å². The van der Waals surface area contributed by atoms with Crippen molar-refractivity contribution in [3.63, 3.8) is 0 Å². The molecule has 4 rings (SSSR count). The number of rotatable bonds is 6. The summed E-state index contributed by atoms with van der Waals surface area (Å²) in [5.41, 5.74) is 3.06. The van der Waals surface area contributed by atoms with Gasteiger partial charge in [0.25, 0.3) is 5.91 Å². The Morgan fingerprint density at radius 1 is 1.32 bits per heavy atom. The van der Waals surface area contributed by atoms with Crippen molar-refractivity contribution in [2.45, 2.75) is 25.8 Å². The summed E-state index contributed by atoms with van der Waals surface area (Å²) < 4.78 is 1.68. The predicted molar refractivity (Wildman–Crippen MR) is 114 cm³/mol. The maximum atomic E-state index is 13.3. The molecule has 3 N–H and O–H groups in total. The smallest absolute Gasteiger partial charge is 0.255 e. The van der Waals surface area contributed by atoms with Crippen LogP contribution in [0, 0.1) is 11.3 Å². The molecule has 3 aromatic rings. The Hall–Kier alpha value is -4.03. The zero-order valence-corrected chi connectivity index (χ0v) is 16.9. The lowest BCUT2D eigenvalue weighted by molar-refractivity contribution is -0.113. The molecule has 1 aliphatic heterocycles. The zero-order chi connectivity index (χ0) is 21.8. The molecule has 2 aromatic heterocycles. The quantitative estimate of drug-likeness (QED) is 0.564. The minimum absolute atomic E-state index is 0.0480. The topological polar surface area (TPSA) is 129 Å². The molecule has 0 fully saturated rings. The second kappa shape index (κ2) is 8.77. The number of nitrogens with zero attached hydrogens (tertiary/aromatic N) is 5. The number of anilines is 2. The summed E-state index contributed by atoms with van der Waals surface area (Å²) in [4.78, 5) is 21.9. The fourth-order valence-electron chi connectivity index (χ4n) is 3.52. The summed E-state index contributed by atoms with van der Waals surface area (Å²) in [5, 5.41) is 28.9. The standard InChI is InChI=1S/C22H21N7O2/c1-14-19(21(31)26-17-4-2-10-24-13-17)20(16-8-6-15(12-23)7-9-16)29-22(25-14)27-18(28-29)5-3-11-30/h2,4,6-10,13,20,30H,3,5,11H2,1H3,(H,26,31)(H,25,27,28). The van der Waals surface area contributed by atoms with Gasteiger partial charge in [-0.15, -0.1) is 0 Å². The van der Waals surface area contributed by atoms with Crippen LogP contribution in [0.3, 0.4) is 0 Å². The normalized spacial score (nSPS) is 15.1. The summed E-state index contributed by atoms with van der Waals surface area (Å²) in [5.74, 6) is 0.819. The van der Waals surface area contributed by atoms with Gasteiger partial charge in [-0.2, -0.15) is 15.3 Å². The third-order valence-corrected chi connectivity index (χ3v) is 4.97. The number of pyridine rings is 1.